The molecule has 0 atom stereocenters. The summed E-state index contributed by atoms with van der Waals surface area (Å²) in [5.41, 5.74) is -0.239. The number of anilines is 1. The number of hydrogen-bond acceptors (Lipinski definition) is 4. The second kappa shape index (κ2) is 5.13. The van der Waals surface area contributed by atoms with Crippen LogP contribution >= 0.6 is 15.9 Å². The maximum atomic E-state index is 10.5. The van der Waals surface area contributed by atoms with Crippen molar-refractivity contribution in [3.8, 4) is 0 Å². The van der Waals surface area contributed by atoms with E-state index in [1.54, 1.807) is 0 Å². The van der Waals surface area contributed by atoms with Gasteiger partial charge >= 0.3 is 0 Å². The first-order valence-electron chi connectivity index (χ1n) is 6.32. The van der Waals surface area contributed by atoms with Gasteiger partial charge in [0.1, 0.15) is 16.7 Å². The summed E-state index contributed by atoms with van der Waals surface area (Å²) in [6.45, 7) is 5.08. The number of rotatable bonds is 3. The highest BCUT2D eigenvalue weighted by molar-refractivity contribution is 9.10. The van der Waals surface area contributed by atoms with Gasteiger partial charge < -0.3 is 10.4 Å². The molecule has 5 heteroatoms. The van der Waals surface area contributed by atoms with E-state index < -0.39 is 5.60 Å². The standard InChI is InChI=1S/C13H20BrN3O/c1-12(2)3-5-13(18,6-4-12)8-15-11-7-10(14)16-9-17-11/h7,9,18H,3-6,8H2,1-2H3,(H,15,16,17). The van der Waals surface area contributed by atoms with Crippen molar-refractivity contribution in [2.45, 2.75) is 45.1 Å². The minimum absolute atomic E-state index is 0.365. The third-order valence-electron chi connectivity index (χ3n) is 3.77. The first-order chi connectivity index (χ1) is 8.39. The van der Waals surface area contributed by atoms with Gasteiger partial charge in [-0.3, -0.25) is 0 Å². The second-order valence-corrected chi connectivity index (χ2v) is 6.78. The van der Waals surface area contributed by atoms with E-state index in [0.29, 0.717) is 12.0 Å². The maximum absolute atomic E-state index is 10.5. The SMILES string of the molecule is CC1(C)CCC(O)(CNc2cc(Br)ncn2)CC1. The lowest BCUT2D eigenvalue weighted by Crippen LogP contribution is -2.42. The summed E-state index contributed by atoms with van der Waals surface area (Å²) >= 11 is 3.30. The minimum Gasteiger partial charge on any atom is -0.388 e. The molecule has 1 aliphatic carbocycles. The average molecular weight is 314 g/mol. The molecule has 1 aliphatic rings. The molecule has 1 saturated carbocycles. The first-order valence-corrected chi connectivity index (χ1v) is 7.12. The van der Waals surface area contributed by atoms with Gasteiger partial charge in [-0.2, -0.15) is 0 Å². The Labute approximate surface area is 116 Å². The Hall–Kier alpha value is -0.680. The van der Waals surface area contributed by atoms with E-state index >= 15 is 0 Å². The smallest absolute Gasteiger partial charge is 0.130 e. The van der Waals surface area contributed by atoms with Crippen LogP contribution in [0, 0.1) is 5.41 Å². The van der Waals surface area contributed by atoms with Gasteiger partial charge in [0.2, 0.25) is 0 Å². The van der Waals surface area contributed by atoms with E-state index in [4.69, 9.17) is 0 Å². The Morgan fingerprint density at radius 3 is 2.56 bits per heavy atom. The number of aromatic nitrogens is 2. The molecule has 4 nitrogen and oxygen atoms in total. The molecule has 0 amide bonds. The van der Waals surface area contributed by atoms with Crippen molar-refractivity contribution in [3.63, 3.8) is 0 Å². The summed E-state index contributed by atoms with van der Waals surface area (Å²) in [5, 5.41) is 13.7. The zero-order chi connectivity index (χ0) is 13.2. The Morgan fingerprint density at radius 1 is 1.28 bits per heavy atom. The number of aliphatic hydroxyl groups is 1. The molecule has 1 fully saturated rings. The van der Waals surface area contributed by atoms with Crippen molar-refractivity contribution in [3.05, 3.63) is 17.0 Å². The van der Waals surface area contributed by atoms with Crippen molar-refractivity contribution in [1.82, 2.24) is 9.97 Å². The van der Waals surface area contributed by atoms with Gasteiger partial charge in [0.15, 0.2) is 0 Å². The van der Waals surface area contributed by atoms with Crippen LogP contribution in [0.1, 0.15) is 39.5 Å². The van der Waals surface area contributed by atoms with Gasteiger partial charge in [-0.1, -0.05) is 13.8 Å². The zero-order valence-corrected chi connectivity index (χ0v) is 12.5. The highest BCUT2D eigenvalue weighted by atomic mass is 79.9. The molecule has 0 radical (unpaired) electrons. The van der Waals surface area contributed by atoms with Crippen LogP contribution < -0.4 is 5.32 Å². The van der Waals surface area contributed by atoms with Crippen LogP contribution in [0.3, 0.4) is 0 Å². The predicted molar refractivity (Wildman–Crippen MR) is 75.4 cm³/mol. The van der Waals surface area contributed by atoms with Gasteiger partial charge in [0.05, 0.1) is 5.60 Å². The number of hydrogen-bond donors (Lipinski definition) is 2. The largest absolute Gasteiger partial charge is 0.388 e. The van der Waals surface area contributed by atoms with Crippen LogP contribution in [0.15, 0.2) is 17.0 Å². The van der Waals surface area contributed by atoms with Gasteiger partial charge in [-0.05, 0) is 47.0 Å². The molecule has 0 spiro atoms. The molecule has 100 valence electrons. The Balaban J connectivity index is 1.90. The van der Waals surface area contributed by atoms with E-state index in [1.807, 2.05) is 6.07 Å². The average Bonchev–Trinajstić information content (AvgIpc) is 2.32. The van der Waals surface area contributed by atoms with Crippen LogP contribution in [-0.4, -0.2) is 27.2 Å². The van der Waals surface area contributed by atoms with E-state index in [9.17, 15) is 5.11 Å². The third kappa shape index (κ3) is 3.65. The summed E-state index contributed by atoms with van der Waals surface area (Å²) in [7, 11) is 0. The summed E-state index contributed by atoms with van der Waals surface area (Å²) < 4.78 is 0.747. The molecule has 1 aromatic heterocycles. The Kier molecular flexibility index (Phi) is 3.92. The Morgan fingerprint density at radius 2 is 1.94 bits per heavy atom. The molecule has 0 unspecified atom stereocenters. The summed E-state index contributed by atoms with van der Waals surface area (Å²) in [6.07, 6.45) is 5.33. The number of halogens is 1. The summed E-state index contributed by atoms with van der Waals surface area (Å²) in [4.78, 5) is 8.09. The summed E-state index contributed by atoms with van der Waals surface area (Å²) in [5.74, 6) is 0.745. The molecule has 0 aromatic carbocycles. The fourth-order valence-electron chi connectivity index (χ4n) is 2.25. The first kappa shape index (κ1) is 13.7. The molecular formula is C13H20BrN3O. The van der Waals surface area contributed by atoms with Crippen LogP contribution in [0.5, 0.6) is 0 Å². The molecule has 18 heavy (non-hydrogen) atoms. The van der Waals surface area contributed by atoms with E-state index in [-0.39, 0.29) is 0 Å². The molecule has 0 aliphatic heterocycles. The van der Waals surface area contributed by atoms with Gasteiger partial charge in [0, 0.05) is 12.6 Å². The van der Waals surface area contributed by atoms with Crippen LogP contribution in [0.25, 0.3) is 0 Å². The highest BCUT2D eigenvalue weighted by Crippen LogP contribution is 2.40. The lowest BCUT2D eigenvalue weighted by Gasteiger charge is -2.40. The number of nitrogens with one attached hydrogen (secondary N) is 1. The van der Waals surface area contributed by atoms with Crippen LogP contribution in [0.2, 0.25) is 0 Å². The predicted octanol–water partition coefficient (Wildman–Crippen LogP) is 2.98. The quantitative estimate of drug-likeness (QED) is 0.842. The molecule has 0 saturated heterocycles. The molecule has 1 heterocycles. The van der Waals surface area contributed by atoms with E-state index in [1.165, 1.54) is 6.33 Å². The monoisotopic (exact) mass is 313 g/mol. The van der Waals surface area contributed by atoms with E-state index in [2.05, 4.69) is 45.1 Å². The normalized spacial score (nSPS) is 21.6. The fourth-order valence-corrected chi connectivity index (χ4v) is 2.56. The molecule has 2 N–H and O–H groups in total. The number of nitrogens with zero attached hydrogens (tertiary/aromatic N) is 2. The zero-order valence-electron chi connectivity index (χ0n) is 10.9. The second-order valence-electron chi connectivity index (χ2n) is 5.97. The highest BCUT2D eigenvalue weighted by Gasteiger charge is 2.36. The van der Waals surface area contributed by atoms with Crippen molar-refractivity contribution < 1.29 is 5.11 Å². The van der Waals surface area contributed by atoms with Crippen LogP contribution in [-0.2, 0) is 0 Å². The lowest BCUT2D eigenvalue weighted by atomic mass is 9.71. The molecule has 2 rings (SSSR count). The molecule has 0 bridgehead atoms. The fraction of sp³-hybridized carbons (Fsp3) is 0.692. The van der Waals surface area contributed by atoms with Crippen molar-refractivity contribution in [1.29, 1.82) is 0 Å². The molecular weight excluding hydrogens is 294 g/mol. The Bertz CT molecular complexity index is 412. The van der Waals surface area contributed by atoms with Gasteiger partial charge in [-0.15, -0.1) is 0 Å². The molecule has 1 aromatic rings. The van der Waals surface area contributed by atoms with Crippen molar-refractivity contribution in [2.24, 2.45) is 5.41 Å². The van der Waals surface area contributed by atoms with Gasteiger partial charge in [0.25, 0.3) is 0 Å². The van der Waals surface area contributed by atoms with Crippen molar-refractivity contribution in [2.75, 3.05) is 11.9 Å². The lowest BCUT2D eigenvalue weighted by molar-refractivity contribution is -0.0145. The summed E-state index contributed by atoms with van der Waals surface area (Å²) in [6, 6.07) is 1.82. The van der Waals surface area contributed by atoms with Crippen molar-refractivity contribution >= 4 is 21.7 Å². The topological polar surface area (TPSA) is 58.0 Å². The van der Waals surface area contributed by atoms with Gasteiger partial charge in [-0.25, -0.2) is 9.97 Å². The van der Waals surface area contributed by atoms with E-state index in [0.717, 1.165) is 36.1 Å². The van der Waals surface area contributed by atoms with Crippen LogP contribution in [0.4, 0.5) is 5.82 Å². The maximum Gasteiger partial charge on any atom is 0.130 e. The minimum atomic E-state index is -0.604. The third-order valence-corrected chi connectivity index (χ3v) is 4.20.